The molecule has 2 aromatic carbocycles. The predicted octanol–water partition coefficient (Wildman–Crippen LogP) is 3.97. The molecule has 3 rings (SSSR count). The first-order valence-electron chi connectivity index (χ1n) is 6.30. The number of aryl methyl sites for hydroxylation is 1. The Labute approximate surface area is 125 Å². The van der Waals surface area contributed by atoms with Gasteiger partial charge in [0, 0.05) is 0 Å². The fraction of sp³-hybridized carbons (Fsp3) is 0.0667. The molecule has 0 bridgehead atoms. The van der Waals surface area contributed by atoms with E-state index in [1.807, 2.05) is 19.1 Å². The molecular formula is C15H12ClN3O2. The highest BCUT2D eigenvalue weighted by Crippen LogP contribution is 2.28. The van der Waals surface area contributed by atoms with E-state index >= 15 is 0 Å². The van der Waals surface area contributed by atoms with Crippen molar-refractivity contribution in [2.45, 2.75) is 6.92 Å². The molecule has 0 spiro atoms. The highest BCUT2D eigenvalue weighted by atomic mass is 35.5. The standard InChI is InChI=1S/C15H12ClN3O2/c1-8-3-2-4-10(16)13(8)19-15-17-11-6-5-9(14(20)21)7-12(11)18-15/h2-7H,1H3,(H,20,21)(H2,17,18,19). The van der Waals surface area contributed by atoms with Gasteiger partial charge in [-0.25, -0.2) is 9.78 Å². The highest BCUT2D eigenvalue weighted by Gasteiger charge is 2.10. The van der Waals surface area contributed by atoms with Crippen LogP contribution in [0.15, 0.2) is 36.4 Å². The lowest BCUT2D eigenvalue weighted by atomic mass is 10.2. The van der Waals surface area contributed by atoms with Crippen molar-refractivity contribution in [3.05, 3.63) is 52.5 Å². The maximum Gasteiger partial charge on any atom is 0.335 e. The number of aromatic carboxylic acids is 1. The second-order valence-corrected chi connectivity index (χ2v) is 5.09. The van der Waals surface area contributed by atoms with E-state index in [9.17, 15) is 4.79 Å². The van der Waals surface area contributed by atoms with Gasteiger partial charge in [0.25, 0.3) is 0 Å². The molecule has 0 unspecified atom stereocenters. The van der Waals surface area contributed by atoms with E-state index in [0.29, 0.717) is 16.5 Å². The maximum absolute atomic E-state index is 11.0. The fourth-order valence-corrected chi connectivity index (χ4v) is 2.38. The fourth-order valence-electron chi connectivity index (χ4n) is 2.11. The van der Waals surface area contributed by atoms with Crippen LogP contribution in [-0.2, 0) is 0 Å². The number of imidazole rings is 1. The Morgan fingerprint density at radius 3 is 2.86 bits per heavy atom. The molecule has 6 heteroatoms. The van der Waals surface area contributed by atoms with E-state index in [2.05, 4.69) is 15.3 Å². The van der Waals surface area contributed by atoms with Crippen molar-refractivity contribution in [1.29, 1.82) is 0 Å². The van der Waals surface area contributed by atoms with Crippen molar-refractivity contribution in [3.8, 4) is 0 Å². The van der Waals surface area contributed by atoms with Gasteiger partial charge in [-0.3, -0.25) is 0 Å². The van der Waals surface area contributed by atoms with E-state index in [4.69, 9.17) is 16.7 Å². The highest BCUT2D eigenvalue weighted by molar-refractivity contribution is 6.33. The van der Waals surface area contributed by atoms with E-state index in [-0.39, 0.29) is 5.56 Å². The number of nitrogens with zero attached hydrogens (tertiary/aromatic N) is 1. The largest absolute Gasteiger partial charge is 0.478 e. The molecule has 0 amide bonds. The molecule has 0 aliphatic rings. The molecule has 3 N–H and O–H groups in total. The molecule has 0 aliphatic heterocycles. The molecule has 0 saturated heterocycles. The van der Waals surface area contributed by atoms with Crippen LogP contribution < -0.4 is 5.32 Å². The third-order valence-corrected chi connectivity index (χ3v) is 3.51. The zero-order valence-corrected chi connectivity index (χ0v) is 11.9. The number of rotatable bonds is 3. The number of para-hydroxylation sites is 1. The lowest BCUT2D eigenvalue weighted by molar-refractivity contribution is 0.0697. The van der Waals surface area contributed by atoms with Gasteiger partial charge in [0.05, 0.1) is 27.3 Å². The Morgan fingerprint density at radius 1 is 1.33 bits per heavy atom. The van der Waals surface area contributed by atoms with Gasteiger partial charge < -0.3 is 15.4 Å². The molecule has 0 saturated carbocycles. The molecule has 106 valence electrons. The Morgan fingerprint density at radius 2 is 2.14 bits per heavy atom. The number of halogens is 1. The Kier molecular flexibility index (Phi) is 3.27. The molecule has 3 aromatic rings. The van der Waals surface area contributed by atoms with E-state index in [1.54, 1.807) is 12.1 Å². The second-order valence-electron chi connectivity index (χ2n) is 4.68. The first kappa shape index (κ1) is 13.5. The van der Waals surface area contributed by atoms with Crippen LogP contribution in [0.5, 0.6) is 0 Å². The minimum Gasteiger partial charge on any atom is -0.478 e. The summed E-state index contributed by atoms with van der Waals surface area (Å²) < 4.78 is 0. The summed E-state index contributed by atoms with van der Waals surface area (Å²) in [6, 6.07) is 10.4. The number of aromatic nitrogens is 2. The topological polar surface area (TPSA) is 78.0 Å². The van der Waals surface area contributed by atoms with Crippen LogP contribution in [-0.4, -0.2) is 21.0 Å². The molecule has 21 heavy (non-hydrogen) atoms. The number of nitrogens with one attached hydrogen (secondary N) is 2. The Hall–Kier alpha value is -2.53. The summed E-state index contributed by atoms with van der Waals surface area (Å²) in [6.07, 6.45) is 0. The minimum absolute atomic E-state index is 0.203. The maximum atomic E-state index is 11.0. The number of aromatic amines is 1. The number of H-pyrrole nitrogens is 1. The average Bonchev–Trinajstić information content (AvgIpc) is 2.84. The lowest BCUT2D eigenvalue weighted by Crippen LogP contribution is -1.95. The van der Waals surface area contributed by atoms with Crippen molar-refractivity contribution >= 4 is 40.2 Å². The lowest BCUT2D eigenvalue weighted by Gasteiger charge is -2.08. The molecule has 0 radical (unpaired) electrons. The molecule has 1 heterocycles. The van der Waals surface area contributed by atoms with Gasteiger partial charge in [-0.2, -0.15) is 0 Å². The third-order valence-electron chi connectivity index (χ3n) is 3.20. The van der Waals surface area contributed by atoms with E-state index in [0.717, 1.165) is 16.8 Å². The summed E-state index contributed by atoms with van der Waals surface area (Å²) >= 11 is 6.16. The molecular weight excluding hydrogens is 290 g/mol. The van der Waals surface area contributed by atoms with Crippen LogP contribution in [0.1, 0.15) is 15.9 Å². The number of fused-ring (bicyclic) bond motifs is 1. The van der Waals surface area contributed by atoms with Gasteiger partial charge >= 0.3 is 5.97 Å². The van der Waals surface area contributed by atoms with Crippen LogP contribution in [0, 0.1) is 6.92 Å². The van der Waals surface area contributed by atoms with Gasteiger partial charge in [0.1, 0.15) is 0 Å². The summed E-state index contributed by atoms with van der Waals surface area (Å²) in [5, 5.41) is 12.7. The van der Waals surface area contributed by atoms with Crippen molar-refractivity contribution < 1.29 is 9.90 Å². The summed E-state index contributed by atoms with van der Waals surface area (Å²) in [6.45, 7) is 1.94. The van der Waals surface area contributed by atoms with Crippen LogP contribution >= 0.6 is 11.6 Å². The quantitative estimate of drug-likeness (QED) is 0.684. The molecule has 1 aromatic heterocycles. The zero-order valence-electron chi connectivity index (χ0n) is 11.1. The van der Waals surface area contributed by atoms with Crippen LogP contribution in [0.25, 0.3) is 11.0 Å². The number of carboxylic acids is 1. The molecule has 5 nitrogen and oxygen atoms in total. The predicted molar refractivity (Wildman–Crippen MR) is 82.5 cm³/mol. The molecule has 0 aliphatic carbocycles. The van der Waals surface area contributed by atoms with Gasteiger partial charge in [0.15, 0.2) is 0 Å². The third kappa shape index (κ3) is 2.55. The van der Waals surface area contributed by atoms with Gasteiger partial charge in [-0.05, 0) is 36.8 Å². The summed E-state index contributed by atoms with van der Waals surface area (Å²) in [4.78, 5) is 18.4. The number of hydrogen-bond donors (Lipinski definition) is 3. The summed E-state index contributed by atoms with van der Waals surface area (Å²) in [5.41, 5.74) is 3.31. The minimum atomic E-state index is -0.976. The Balaban J connectivity index is 2.00. The van der Waals surface area contributed by atoms with Crippen molar-refractivity contribution in [1.82, 2.24) is 9.97 Å². The number of anilines is 2. The molecule has 0 fully saturated rings. The smallest absolute Gasteiger partial charge is 0.335 e. The van der Waals surface area contributed by atoms with Crippen molar-refractivity contribution in [2.24, 2.45) is 0 Å². The summed E-state index contributed by atoms with van der Waals surface area (Å²) in [7, 11) is 0. The van der Waals surface area contributed by atoms with Gasteiger partial charge in [0.2, 0.25) is 5.95 Å². The van der Waals surface area contributed by atoms with E-state index in [1.165, 1.54) is 12.1 Å². The first-order valence-corrected chi connectivity index (χ1v) is 6.67. The van der Waals surface area contributed by atoms with Gasteiger partial charge in [-0.1, -0.05) is 23.7 Å². The van der Waals surface area contributed by atoms with Crippen molar-refractivity contribution in [2.75, 3.05) is 5.32 Å². The zero-order chi connectivity index (χ0) is 15.0. The second kappa shape index (κ2) is 5.10. The molecule has 0 atom stereocenters. The van der Waals surface area contributed by atoms with Crippen LogP contribution in [0.4, 0.5) is 11.6 Å². The van der Waals surface area contributed by atoms with E-state index < -0.39 is 5.97 Å². The van der Waals surface area contributed by atoms with Crippen LogP contribution in [0.2, 0.25) is 5.02 Å². The SMILES string of the molecule is Cc1cccc(Cl)c1Nc1nc2cc(C(=O)O)ccc2[nH]1. The van der Waals surface area contributed by atoms with Crippen LogP contribution in [0.3, 0.4) is 0 Å². The number of carboxylic acid groups (broad SMARTS) is 1. The van der Waals surface area contributed by atoms with Gasteiger partial charge in [-0.15, -0.1) is 0 Å². The number of hydrogen-bond acceptors (Lipinski definition) is 3. The first-order chi connectivity index (χ1) is 10.0. The van der Waals surface area contributed by atoms with Crippen molar-refractivity contribution in [3.63, 3.8) is 0 Å². The number of benzene rings is 2. The Bertz CT molecular complexity index is 822. The monoisotopic (exact) mass is 301 g/mol. The normalized spacial score (nSPS) is 10.8. The summed E-state index contributed by atoms with van der Waals surface area (Å²) in [5.74, 6) is -0.458. The number of carbonyl (C=O) groups is 1. The average molecular weight is 302 g/mol.